The maximum absolute atomic E-state index is 13.0. The van der Waals surface area contributed by atoms with Crippen molar-refractivity contribution >= 4 is 17.8 Å². The number of rotatable bonds is 15. The van der Waals surface area contributed by atoms with Crippen molar-refractivity contribution in [3.8, 4) is 17.2 Å². The largest absolute Gasteiger partial charge is 0.490 e. The van der Waals surface area contributed by atoms with Gasteiger partial charge in [0.1, 0.15) is 30.5 Å². The minimum absolute atomic E-state index is 0.222. The molecular weight excluding hydrogens is 468 g/mol. The Hall–Kier alpha value is -3.84. The Labute approximate surface area is 220 Å². The third kappa shape index (κ3) is 11.6. The summed E-state index contributed by atoms with van der Waals surface area (Å²) < 4.78 is 17.1. The Balaban J connectivity index is 2.12. The second kappa shape index (κ2) is 16.0. The van der Waals surface area contributed by atoms with E-state index in [0.717, 1.165) is 16.9 Å². The van der Waals surface area contributed by atoms with Gasteiger partial charge in [0.25, 0.3) is 5.91 Å². The standard InChI is InChI=1S/C30H38N2O5/c1-22(2)14-18-35-25-9-6-24(7-10-25)8-13-28(33)27-12-11-26(36-19-15-23(3)4)20-29(27)37-21-30(34)32-17-5-16-31/h6-15,20H,5,16-19,21,31H2,1-4H3,(H,32,34)/b13-8+. The SMILES string of the molecule is CC(C)=CCOc1ccc(/C=C/C(=O)c2ccc(OCC=C(C)C)cc2OCC(=O)NCCCN)cc1. The number of carbonyl (C=O) groups is 2. The summed E-state index contributed by atoms with van der Waals surface area (Å²) >= 11 is 0. The molecule has 0 fully saturated rings. The highest BCUT2D eigenvalue weighted by Gasteiger charge is 2.14. The third-order valence-electron chi connectivity index (χ3n) is 5.07. The molecular formula is C30H38N2O5. The smallest absolute Gasteiger partial charge is 0.257 e. The average Bonchev–Trinajstić information content (AvgIpc) is 2.86. The van der Waals surface area contributed by atoms with Gasteiger partial charge in [-0.2, -0.15) is 0 Å². The number of benzene rings is 2. The van der Waals surface area contributed by atoms with Crippen LogP contribution in [0.5, 0.6) is 17.2 Å². The van der Waals surface area contributed by atoms with Crippen molar-refractivity contribution in [3.05, 3.63) is 83.0 Å². The molecule has 0 saturated heterocycles. The van der Waals surface area contributed by atoms with Gasteiger partial charge in [-0.3, -0.25) is 9.59 Å². The molecule has 198 valence electrons. The lowest BCUT2D eigenvalue weighted by atomic mass is 10.1. The van der Waals surface area contributed by atoms with Crippen LogP contribution in [0.3, 0.4) is 0 Å². The number of hydrogen-bond acceptors (Lipinski definition) is 6. The van der Waals surface area contributed by atoms with Crippen molar-refractivity contribution in [2.75, 3.05) is 32.9 Å². The third-order valence-corrected chi connectivity index (χ3v) is 5.07. The lowest BCUT2D eigenvalue weighted by Crippen LogP contribution is -2.30. The molecule has 0 aliphatic heterocycles. The van der Waals surface area contributed by atoms with Gasteiger partial charge in [0.2, 0.25) is 0 Å². The summed E-state index contributed by atoms with van der Waals surface area (Å²) in [4.78, 5) is 25.1. The Bertz CT molecular complexity index is 1110. The molecule has 0 saturated carbocycles. The van der Waals surface area contributed by atoms with Gasteiger partial charge in [-0.05, 0) is 88.7 Å². The molecule has 0 heterocycles. The zero-order valence-electron chi connectivity index (χ0n) is 22.2. The van der Waals surface area contributed by atoms with E-state index in [0.29, 0.717) is 44.0 Å². The minimum atomic E-state index is -0.287. The average molecular weight is 507 g/mol. The van der Waals surface area contributed by atoms with Crippen molar-refractivity contribution in [2.45, 2.75) is 34.1 Å². The molecule has 0 atom stereocenters. The number of allylic oxidation sites excluding steroid dienone is 3. The number of nitrogens with one attached hydrogen (secondary N) is 1. The lowest BCUT2D eigenvalue weighted by Gasteiger charge is -2.12. The molecule has 0 unspecified atom stereocenters. The van der Waals surface area contributed by atoms with E-state index < -0.39 is 0 Å². The number of amides is 1. The van der Waals surface area contributed by atoms with Crippen LogP contribution in [0.4, 0.5) is 0 Å². The Kier molecular flexibility index (Phi) is 12.7. The number of ether oxygens (including phenoxy) is 3. The molecule has 0 aromatic heterocycles. The molecule has 0 aliphatic carbocycles. The first kappa shape index (κ1) is 29.4. The zero-order valence-corrected chi connectivity index (χ0v) is 22.2. The molecule has 7 nitrogen and oxygen atoms in total. The predicted molar refractivity (Wildman–Crippen MR) is 148 cm³/mol. The van der Waals surface area contributed by atoms with Crippen LogP contribution in [-0.2, 0) is 4.79 Å². The topological polar surface area (TPSA) is 99.9 Å². The second-order valence-corrected chi connectivity index (χ2v) is 8.89. The number of hydrogen-bond donors (Lipinski definition) is 2. The highest BCUT2D eigenvalue weighted by atomic mass is 16.5. The Morgan fingerprint density at radius 1 is 0.865 bits per heavy atom. The maximum Gasteiger partial charge on any atom is 0.257 e. The van der Waals surface area contributed by atoms with E-state index in [4.69, 9.17) is 19.9 Å². The molecule has 7 heteroatoms. The molecule has 0 aliphatic rings. The highest BCUT2D eigenvalue weighted by molar-refractivity contribution is 6.08. The molecule has 1 amide bonds. The van der Waals surface area contributed by atoms with Crippen LogP contribution in [0, 0.1) is 0 Å². The van der Waals surface area contributed by atoms with E-state index in [9.17, 15) is 9.59 Å². The van der Waals surface area contributed by atoms with Crippen molar-refractivity contribution in [3.63, 3.8) is 0 Å². The van der Waals surface area contributed by atoms with Crippen LogP contribution in [0.2, 0.25) is 0 Å². The van der Waals surface area contributed by atoms with Crippen molar-refractivity contribution in [2.24, 2.45) is 5.73 Å². The second-order valence-electron chi connectivity index (χ2n) is 8.89. The zero-order chi connectivity index (χ0) is 27.0. The fraction of sp³-hybridized carbons (Fsp3) is 0.333. The van der Waals surface area contributed by atoms with E-state index >= 15 is 0 Å². The fourth-order valence-electron chi connectivity index (χ4n) is 2.99. The molecule has 0 radical (unpaired) electrons. The Morgan fingerprint density at radius 2 is 1.49 bits per heavy atom. The quantitative estimate of drug-likeness (QED) is 0.151. The van der Waals surface area contributed by atoms with Gasteiger partial charge in [-0.15, -0.1) is 0 Å². The summed E-state index contributed by atoms with van der Waals surface area (Å²) in [5.41, 5.74) is 8.98. The van der Waals surface area contributed by atoms with E-state index in [-0.39, 0.29) is 24.0 Å². The van der Waals surface area contributed by atoms with Crippen LogP contribution in [0.25, 0.3) is 6.08 Å². The summed E-state index contributed by atoms with van der Waals surface area (Å²) in [6, 6.07) is 12.5. The van der Waals surface area contributed by atoms with E-state index in [1.54, 1.807) is 24.3 Å². The number of ketones is 1. The Morgan fingerprint density at radius 3 is 2.11 bits per heavy atom. The molecule has 37 heavy (non-hydrogen) atoms. The van der Waals surface area contributed by atoms with E-state index in [1.165, 1.54) is 11.6 Å². The van der Waals surface area contributed by atoms with Gasteiger partial charge in [-0.1, -0.05) is 29.4 Å². The first-order valence-electron chi connectivity index (χ1n) is 12.4. The van der Waals surface area contributed by atoms with Crippen LogP contribution in [0.15, 0.2) is 71.8 Å². The number of nitrogens with two attached hydrogens (primary N) is 1. The molecule has 0 bridgehead atoms. The summed E-state index contributed by atoms with van der Waals surface area (Å²) in [6.45, 7) is 9.66. The van der Waals surface area contributed by atoms with Crippen LogP contribution < -0.4 is 25.3 Å². The van der Waals surface area contributed by atoms with Crippen LogP contribution >= 0.6 is 0 Å². The van der Waals surface area contributed by atoms with Gasteiger partial charge >= 0.3 is 0 Å². The van der Waals surface area contributed by atoms with Crippen LogP contribution in [-0.4, -0.2) is 44.6 Å². The van der Waals surface area contributed by atoms with Crippen LogP contribution in [0.1, 0.15) is 50.0 Å². The van der Waals surface area contributed by atoms with Gasteiger partial charge in [0.15, 0.2) is 12.4 Å². The lowest BCUT2D eigenvalue weighted by molar-refractivity contribution is -0.123. The van der Waals surface area contributed by atoms with Gasteiger partial charge < -0.3 is 25.3 Å². The van der Waals surface area contributed by atoms with Gasteiger partial charge in [-0.25, -0.2) is 0 Å². The van der Waals surface area contributed by atoms with Crippen molar-refractivity contribution < 1.29 is 23.8 Å². The summed E-state index contributed by atoms with van der Waals surface area (Å²) in [6.07, 6.45) is 7.84. The van der Waals surface area contributed by atoms with E-state index in [2.05, 4.69) is 5.32 Å². The maximum atomic E-state index is 13.0. The first-order valence-corrected chi connectivity index (χ1v) is 12.4. The fourth-order valence-corrected chi connectivity index (χ4v) is 2.99. The minimum Gasteiger partial charge on any atom is -0.490 e. The molecule has 3 N–H and O–H groups in total. The summed E-state index contributed by atoms with van der Waals surface area (Å²) in [7, 11) is 0. The van der Waals surface area contributed by atoms with Gasteiger partial charge in [0.05, 0.1) is 5.56 Å². The van der Waals surface area contributed by atoms with Crippen molar-refractivity contribution in [1.29, 1.82) is 0 Å². The summed E-state index contributed by atoms with van der Waals surface area (Å²) in [5, 5.41) is 2.74. The molecule has 2 aromatic carbocycles. The predicted octanol–water partition coefficient (Wildman–Crippen LogP) is 5.12. The van der Waals surface area contributed by atoms with Crippen molar-refractivity contribution in [1.82, 2.24) is 5.32 Å². The first-order chi connectivity index (χ1) is 17.8. The highest BCUT2D eigenvalue weighted by Crippen LogP contribution is 2.26. The van der Waals surface area contributed by atoms with Gasteiger partial charge in [0, 0.05) is 12.6 Å². The molecule has 0 spiro atoms. The monoisotopic (exact) mass is 506 g/mol. The number of carbonyl (C=O) groups excluding carboxylic acids is 2. The summed E-state index contributed by atoms with van der Waals surface area (Å²) in [5.74, 6) is 1.04. The normalized spacial score (nSPS) is 10.5. The molecule has 2 rings (SSSR count). The molecule has 2 aromatic rings. The van der Waals surface area contributed by atoms with E-state index in [1.807, 2.05) is 64.1 Å².